The average Bonchev–Trinajstić information content (AvgIpc) is 2.40. The molecule has 0 bridgehead atoms. The summed E-state index contributed by atoms with van der Waals surface area (Å²) in [6, 6.07) is 5.95. The van der Waals surface area contributed by atoms with Gasteiger partial charge >= 0.3 is 0 Å². The van der Waals surface area contributed by atoms with E-state index >= 15 is 0 Å². The molecule has 2 rings (SSSR count). The van der Waals surface area contributed by atoms with Gasteiger partial charge in [-0.05, 0) is 43.9 Å². The zero-order chi connectivity index (χ0) is 13.0. The van der Waals surface area contributed by atoms with Gasteiger partial charge in [0, 0.05) is 11.1 Å². The molecular formula is C14H18BrClO2. The van der Waals surface area contributed by atoms with Crippen LogP contribution in [0.25, 0.3) is 0 Å². The minimum atomic E-state index is -0.102. The molecule has 1 fully saturated rings. The second kappa shape index (κ2) is 6.78. The van der Waals surface area contributed by atoms with E-state index in [1.165, 1.54) is 6.42 Å². The third kappa shape index (κ3) is 3.40. The molecule has 1 aromatic rings. The Morgan fingerprint density at radius 3 is 2.94 bits per heavy atom. The van der Waals surface area contributed by atoms with Crippen LogP contribution in [0.5, 0.6) is 5.75 Å². The van der Waals surface area contributed by atoms with Crippen LogP contribution in [0.3, 0.4) is 0 Å². The zero-order valence-corrected chi connectivity index (χ0v) is 12.8. The van der Waals surface area contributed by atoms with Gasteiger partial charge < -0.3 is 9.47 Å². The van der Waals surface area contributed by atoms with Crippen LogP contribution in [-0.2, 0) is 4.74 Å². The topological polar surface area (TPSA) is 18.5 Å². The Bertz CT molecular complexity index is 391. The van der Waals surface area contributed by atoms with Gasteiger partial charge in [0.2, 0.25) is 0 Å². The molecule has 1 saturated heterocycles. The fraction of sp³-hybridized carbons (Fsp3) is 0.571. The van der Waals surface area contributed by atoms with Gasteiger partial charge in [0.1, 0.15) is 5.75 Å². The van der Waals surface area contributed by atoms with Crippen LogP contribution < -0.4 is 4.74 Å². The standard InChI is InChI=1S/C14H18BrClO2/c1-2-17-10-6-7-11(12(15)9-10)14(16)13-5-3-4-8-18-13/h6-7,9,13-14H,2-5,8H2,1H3. The molecule has 0 N–H and O–H groups in total. The van der Waals surface area contributed by atoms with Crippen molar-refractivity contribution in [2.24, 2.45) is 0 Å². The highest BCUT2D eigenvalue weighted by Crippen LogP contribution is 2.37. The molecule has 0 aliphatic carbocycles. The molecule has 1 aliphatic heterocycles. The summed E-state index contributed by atoms with van der Waals surface area (Å²) in [6.45, 7) is 3.46. The number of hydrogen-bond acceptors (Lipinski definition) is 2. The van der Waals surface area contributed by atoms with E-state index < -0.39 is 0 Å². The van der Waals surface area contributed by atoms with Crippen molar-refractivity contribution in [3.05, 3.63) is 28.2 Å². The SMILES string of the molecule is CCOc1ccc(C(Cl)C2CCCCO2)c(Br)c1. The van der Waals surface area contributed by atoms with Crippen molar-refractivity contribution in [2.45, 2.75) is 37.7 Å². The Morgan fingerprint density at radius 2 is 2.33 bits per heavy atom. The number of benzene rings is 1. The van der Waals surface area contributed by atoms with Gasteiger partial charge in [-0.25, -0.2) is 0 Å². The van der Waals surface area contributed by atoms with Crippen LogP contribution in [0, 0.1) is 0 Å². The van der Waals surface area contributed by atoms with Gasteiger partial charge in [0.05, 0.1) is 18.1 Å². The first-order valence-corrected chi connectivity index (χ1v) is 7.63. The lowest BCUT2D eigenvalue weighted by molar-refractivity contribution is 0.0135. The fourth-order valence-electron chi connectivity index (χ4n) is 2.18. The van der Waals surface area contributed by atoms with E-state index in [1.54, 1.807) is 0 Å². The summed E-state index contributed by atoms with van der Waals surface area (Å²) in [4.78, 5) is 0. The Hall–Kier alpha value is -0.250. The summed E-state index contributed by atoms with van der Waals surface area (Å²) in [5, 5.41) is -0.102. The molecule has 0 aromatic heterocycles. The molecule has 4 heteroatoms. The Kier molecular flexibility index (Phi) is 5.34. The van der Waals surface area contributed by atoms with Gasteiger partial charge in [-0.1, -0.05) is 22.0 Å². The maximum atomic E-state index is 6.52. The Labute approximate surface area is 122 Å². The summed E-state index contributed by atoms with van der Waals surface area (Å²) in [7, 11) is 0. The highest BCUT2D eigenvalue weighted by molar-refractivity contribution is 9.10. The number of rotatable bonds is 4. The smallest absolute Gasteiger partial charge is 0.120 e. The third-order valence-corrected chi connectivity index (χ3v) is 4.32. The highest BCUT2D eigenvalue weighted by Gasteiger charge is 2.25. The lowest BCUT2D eigenvalue weighted by Crippen LogP contribution is -2.23. The minimum absolute atomic E-state index is 0.102. The van der Waals surface area contributed by atoms with Crippen LogP contribution in [0.2, 0.25) is 0 Å². The first-order valence-electron chi connectivity index (χ1n) is 6.40. The summed E-state index contributed by atoms with van der Waals surface area (Å²) < 4.78 is 12.2. The van der Waals surface area contributed by atoms with E-state index in [0.717, 1.165) is 35.2 Å². The molecule has 2 unspecified atom stereocenters. The molecule has 1 heterocycles. The van der Waals surface area contributed by atoms with Crippen molar-refractivity contribution >= 4 is 27.5 Å². The molecule has 100 valence electrons. The van der Waals surface area contributed by atoms with Crippen LogP contribution in [0.15, 0.2) is 22.7 Å². The third-order valence-electron chi connectivity index (χ3n) is 3.12. The second-order valence-corrected chi connectivity index (χ2v) is 5.75. The van der Waals surface area contributed by atoms with Gasteiger partial charge in [-0.3, -0.25) is 0 Å². The van der Waals surface area contributed by atoms with Gasteiger partial charge in [-0.15, -0.1) is 11.6 Å². The maximum absolute atomic E-state index is 6.52. The van der Waals surface area contributed by atoms with Gasteiger partial charge in [0.15, 0.2) is 0 Å². The van der Waals surface area contributed by atoms with Crippen LogP contribution in [0.4, 0.5) is 0 Å². The number of halogens is 2. The highest BCUT2D eigenvalue weighted by atomic mass is 79.9. The lowest BCUT2D eigenvalue weighted by atomic mass is 10.0. The predicted molar refractivity (Wildman–Crippen MR) is 77.5 cm³/mol. The first kappa shape index (κ1) is 14.2. The van der Waals surface area contributed by atoms with Crippen molar-refractivity contribution in [3.63, 3.8) is 0 Å². The van der Waals surface area contributed by atoms with E-state index in [9.17, 15) is 0 Å². The largest absolute Gasteiger partial charge is 0.494 e. The number of hydrogen-bond donors (Lipinski definition) is 0. The second-order valence-electron chi connectivity index (χ2n) is 4.42. The Morgan fingerprint density at radius 1 is 1.50 bits per heavy atom. The molecule has 0 amide bonds. The summed E-state index contributed by atoms with van der Waals surface area (Å²) in [5.41, 5.74) is 1.08. The molecular weight excluding hydrogens is 316 g/mol. The van der Waals surface area contributed by atoms with E-state index in [4.69, 9.17) is 21.1 Å². The van der Waals surface area contributed by atoms with E-state index in [0.29, 0.717) is 6.61 Å². The molecule has 2 nitrogen and oxygen atoms in total. The van der Waals surface area contributed by atoms with Crippen molar-refractivity contribution < 1.29 is 9.47 Å². The summed E-state index contributed by atoms with van der Waals surface area (Å²) in [6.07, 6.45) is 3.50. The molecule has 1 aliphatic rings. The fourth-order valence-corrected chi connectivity index (χ4v) is 3.31. The predicted octanol–water partition coefficient (Wildman–Crippen LogP) is 4.70. The lowest BCUT2D eigenvalue weighted by Gasteiger charge is -2.27. The normalized spacial score (nSPS) is 21.6. The van der Waals surface area contributed by atoms with Crippen molar-refractivity contribution in [1.82, 2.24) is 0 Å². The zero-order valence-electron chi connectivity index (χ0n) is 10.5. The quantitative estimate of drug-likeness (QED) is 0.744. The molecule has 1 aromatic carbocycles. The van der Waals surface area contributed by atoms with E-state index in [-0.39, 0.29) is 11.5 Å². The molecule has 2 atom stereocenters. The van der Waals surface area contributed by atoms with Crippen molar-refractivity contribution in [1.29, 1.82) is 0 Å². The number of alkyl halides is 1. The minimum Gasteiger partial charge on any atom is -0.494 e. The van der Waals surface area contributed by atoms with E-state index in [1.807, 2.05) is 25.1 Å². The Balaban J connectivity index is 2.11. The monoisotopic (exact) mass is 332 g/mol. The molecule has 0 radical (unpaired) electrons. The maximum Gasteiger partial charge on any atom is 0.120 e. The molecule has 0 spiro atoms. The van der Waals surface area contributed by atoms with Crippen molar-refractivity contribution in [2.75, 3.05) is 13.2 Å². The first-order chi connectivity index (χ1) is 8.72. The molecule has 18 heavy (non-hydrogen) atoms. The summed E-state index contributed by atoms with van der Waals surface area (Å²) in [5.74, 6) is 0.863. The summed E-state index contributed by atoms with van der Waals surface area (Å²) >= 11 is 10.1. The van der Waals surface area contributed by atoms with E-state index in [2.05, 4.69) is 15.9 Å². The van der Waals surface area contributed by atoms with Crippen LogP contribution in [0.1, 0.15) is 37.1 Å². The molecule has 0 saturated carbocycles. The van der Waals surface area contributed by atoms with Crippen molar-refractivity contribution in [3.8, 4) is 5.75 Å². The average molecular weight is 334 g/mol. The van der Waals surface area contributed by atoms with Gasteiger partial charge in [-0.2, -0.15) is 0 Å². The van der Waals surface area contributed by atoms with Crippen LogP contribution >= 0.6 is 27.5 Å². The van der Waals surface area contributed by atoms with Crippen LogP contribution in [-0.4, -0.2) is 19.3 Å². The number of ether oxygens (including phenoxy) is 2. The van der Waals surface area contributed by atoms with Gasteiger partial charge in [0.25, 0.3) is 0 Å².